The van der Waals surface area contributed by atoms with Gasteiger partial charge in [0.05, 0.1) is 11.1 Å². The zero-order valence-electron chi connectivity index (χ0n) is 22.2. The molecular formula is C27H35N5O6. The van der Waals surface area contributed by atoms with Crippen LogP contribution in [0.4, 0.5) is 10.5 Å². The second-order valence-corrected chi connectivity index (χ2v) is 11.9. The first-order valence-corrected chi connectivity index (χ1v) is 13.3. The second-order valence-electron chi connectivity index (χ2n) is 11.9. The van der Waals surface area contributed by atoms with Gasteiger partial charge in [-0.3, -0.25) is 29.4 Å². The van der Waals surface area contributed by atoms with Crippen molar-refractivity contribution in [1.82, 2.24) is 20.0 Å². The Kier molecular flexibility index (Phi) is 6.66. The smallest absolute Gasteiger partial charge is 0.410 e. The van der Waals surface area contributed by atoms with Crippen molar-refractivity contribution >= 4 is 35.4 Å². The minimum atomic E-state index is -0.973. The van der Waals surface area contributed by atoms with Crippen LogP contribution in [-0.2, 0) is 14.3 Å². The molecule has 5 rings (SSSR count). The van der Waals surface area contributed by atoms with Crippen molar-refractivity contribution in [2.75, 3.05) is 44.6 Å². The fourth-order valence-corrected chi connectivity index (χ4v) is 5.83. The number of ether oxygens (including phenoxy) is 1. The standard InChI is InChI=1S/C27H35N5O6/c1-26(2,3)38-25(37)31-15-27(16-31)13-30(14-27)12-5-4-11-28-18-8-6-7-17-21(18)24(36)32(23(17)35)19-9-10-20(33)29-22(19)34/h6-8,19,28H,4-5,9-16H2,1-3H3,(H,29,33,34). The normalized spacial score (nSPS) is 22.7. The fraction of sp³-hybridized carbons (Fsp3) is 0.593. The van der Waals surface area contributed by atoms with Crippen LogP contribution in [0.25, 0.3) is 0 Å². The summed E-state index contributed by atoms with van der Waals surface area (Å²) >= 11 is 0. The first-order chi connectivity index (χ1) is 18.0. The van der Waals surface area contributed by atoms with Crippen molar-refractivity contribution in [3.05, 3.63) is 29.3 Å². The lowest BCUT2D eigenvalue weighted by Crippen LogP contribution is -2.73. The first-order valence-electron chi connectivity index (χ1n) is 13.3. The molecule has 2 N–H and O–H groups in total. The van der Waals surface area contributed by atoms with Crippen LogP contribution < -0.4 is 10.6 Å². The zero-order valence-corrected chi connectivity index (χ0v) is 22.2. The van der Waals surface area contributed by atoms with Crippen LogP contribution in [0.15, 0.2) is 18.2 Å². The Hall–Kier alpha value is -3.47. The SMILES string of the molecule is CC(C)(C)OC(=O)N1CC2(CN(CCCCNc3cccc4c3C(=O)N(C3CCC(=O)NC3=O)C4=O)C2)C1. The molecule has 11 nitrogen and oxygen atoms in total. The molecule has 5 amide bonds. The van der Waals surface area contributed by atoms with Gasteiger partial charge in [-0.25, -0.2) is 4.79 Å². The van der Waals surface area contributed by atoms with Crippen LogP contribution in [0.2, 0.25) is 0 Å². The summed E-state index contributed by atoms with van der Waals surface area (Å²) in [6, 6.07) is 4.11. The quantitative estimate of drug-likeness (QED) is 0.408. The van der Waals surface area contributed by atoms with Crippen LogP contribution in [-0.4, -0.2) is 95.3 Å². The van der Waals surface area contributed by atoms with Crippen LogP contribution in [0.1, 0.15) is 67.2 Å². The summed E-state index contributed by atoms with van der Waals surface area (Å²) < 4.78 is 5.44. The second kappa shape index (κ2) is 9.68. The molecule has 4 aliphatic rings. The van der Waals surface area contributed by atoms with Gasteiger partial charge in [-0.2, -0.15) is 0 Å². The number of hydrogen-bond donors (Lipinski definition) is 2. The molecule has 1 atom stereocenters. The van der Waals surface area contributed by atoms with E-state index >= 15 is 0 Å². The van der Waals surface area contributed by atoms with E-state index in [9.17, 15) is 24.0 Å². The van der Waals surface area contributed by atoms with Crippen molar-refractivity contribution < 1.29 is 28.7 Å². The largest absolute Gasteiger partial charge is 0.444 e. The van der Waals surface area contributed by atoms with Gasteiger partial charge >= 0.3 is 6.09 Å². The number of benzene rings is 1. The number of imide groups is 2. The average Bonchev–Trinajstić information content (AvgIpc) is 3.03. The lowest BCUT2D eigenvalue weighted by atomic mass is 9.73. The predicted octanol–water partition coefficient (Wildman–Crippen LogP) is 1.83. The van der Waals surface area contributed by atoms with E-state index in [1.165, 1.54) is 0 Å². The van der Waals surface area contributed by atoms with Gasteiger partial charge in [-0.1, -0.05) is 6.07 Å². The van der Waals surface area contributed by atoms with Gasteiger partial charge in [0.25, 0.3) is 11.8 Å². The summed E-state index contributed by atoms with van der Waals surface area (Å²) in [5, 5.41) is 5.51. The average molecular weight is 526 g/mol. The number of likely N-dealkylation sites (tertiary alicyclic amines) is 2. The molecule has 0 aromatic heterocycles. The maximum absolute atomic E-state index is 13.2. The number of nitrogens with zero attached hydrogens (tertiary/aromatic N) is 3. The number of carbonyl (C=O) groups excluding carboxylic acids is 5. The highest BCUT2D eigenvalue weighted by Gasteiger charge is 2.53. The number of fused-ring (bicyclic) bond motifs is 1. The molecule has 0 aliphatic carbocycles. The number of unbranched alkanes of at least 4 members (excludes halogenated alkanes) is 1. The third-order valence-electron chi connectivity index (χ3n) is 7.51. The van der Waals surface area contributed by atoms with Crippen molar-refractivity contribution in [3.63, 3.8) is 0 Å². The summed E-state index contributed by atoms with van der Waals surface area (Å²) in [5.74, 6) is -2.02. The van der Waals surface area contributed by atoms with Crippen LogP contribution in [0.5, 0.6) is 0 Å². The third kappa shape index (κ3) is 4.99. The highest BCUT2D eigenvalue weighted by Crippen LogP contribution is 2.40. The molecule has 3 fully saturated rings. The number of hydrogen-bond acceptors (Lipinski definition) is 8. The Bertz CT molecular complexity index is 1180. The molecular weight excluding hydrogens is 490 g/mol. The summed E-state index contributed by atoms with van der Waals surface area (Å²) in [6.45, 7) is 10.7. The summed E-state index contributed by atoms with van der Waals surface area (Å²) in [4.78, 5) is 67.2. The van der Waals surface area contributed by atoms with Gasteiger partial charge in [-0.15, -0.1) is 0 Å². The third-order valence-corrected chi connectivity index (χ3v) is 7.51. The number of carbonyl (C=O) groups is 5. The van der Waals surface area contributed by atoms with Gasteiger partial charge in [0.1, 0.15) is 11.6 Å². The molecule has 3 saturated heterocycles. The lowest BCUT2D eigenvalue weighted by molar-refractivity contribution is -0.136. The van der Waals surface area contributed by atoms with Crippen LogP contribution >= 0.6 is 0 Å². The van der Waals surface area contributed by atoms with Crippen molar-refractivity contribution in [3.8, 4) is 0 Å². The van der Waals surface area contributed by atoms with E-state index in [2.05, 4.69) is 15.5 Å². The van der Waals surface area contributed by atoms with E-state index in [1.807, 2.05) is 20.8 Å². The summed E-state index contributed by atoms with van der Waals surface area (Å²) in [6.07, 6.45) is 1.85. The van der Waals surface area contributed by atoms with Crippen molar-refractivity contribution in [2.24, 2.45) is 5.41 Å². The molecule has 1 spiro atoms. The number of nitrogens with one attached hydrogen (secondary N) is 2. The predicted molar refractivity (Wildman–Crippen MR) is 138 cm³/mol. The van der Waals surface area contributed by atoms with E-state index < -0.39 is 35.3 Å². The van der Waals surface area contributed by atoms with E-state index in [0.29, 0.717) is 12.2 Å². The maximum atomic E-state index is 13.2. The summed E-state index contributed by atoms with van der Waals surface area (Å²) in [7, 11) is 0. The summed E-state index contributed by atoms with van der Waals surface area (Å²) in [5.41, 5.74) is 0.869. The topological polar surface area (TPSA) is 128 Å². The monoisotopic (exact) mass is 525 g/mol. The Labute approximate surface area is 221 Å². The van der Waals surface area contributed by atoms with E-state index in [-0.39, 0.29) is 35.5 Å². The van der Waals surface area contributed by atoms with Crippen molar-refractivity contribution in [2.45, 2.75) is 58.1 Å². The van der Waals surface area contributed by atoms with Crippen LogP contribution in [0, 0.1) is 5.41 Å². The molecule has 11 heteroatoms. The molecule has 1 aromatic rings. The van der Waals surface area contributed by atoms with Gasteiger partial charge in [0, 0.05) is 50.2 Å². The van der Waals surface area contributed by atoms with Crippen molar-refractivity contribution in [1.29, 1.82) is 0 Å². The zero-order chi connectivity index (χ0) is 27.2. The van der Waals surface area contributed by atoms with E-state index in [1.54, 1.807) is 23.1 Å². The highest BCUT2D eigenvalue weighted by atomic mass is 16.6. The molecule has 204 valence electrons. The molecule has 0 saturated carbocycles. The van der Waals surface area contributed by atoms with E-state index in [4.69, 9.17) is 4.74 Å². The molecule has 0 bridgehead atoms. The Balaban J connectivity index is 1.05. The molecule has 38 heavy (non-hydrogen) atoms. The van der Waals surface area contributed by atoms with Gasteiger partial charge in [-0.05, 0) is 58.7 Å². The molecule has 1 aromatic carbocycles. The number of piperidine rings is 1. The molecule has 1 unspecified atom stereocenters. The molecule has 0 radical (unpaired) electrons. The minimum absolute atomic E-state index is 0.0923. The van der Waals surface area contributed by atoms with Gasteiger partial charge in [0.2, 0.25) is 11.8 Å². The number of amides is 5. The fourth-order valence-electron chi connectivity index (χ4n) is 5.83. The van der Waals surface area contributed by atoms with Crippen LogP contribution in [0.3, 0.4) is 0 Å². The molecule has 4 aliphatic heterocycles. The highest BCUT2D eigenvalue weighted by molar-refractivity contribution is 6.25. The lowest BCUT2D eigenvalue weighted by Gasteiger charge is -2.60. The Morgan fingerprint density at radius 2 is 1.82 bits per heavy atom. The minimum Gasteiger partial charge on any atom is -0.444 e. The first kappa shape index (κ1) is 26.1. The Morgan fingerprint density at radius 3 is 2.50 bits per heavy atom. The van der Waals surface area contributed by atoms with E-state index in [0.717, 1.165) is 50.5 Å². The van der Waals surface area contributed by atoms with Gasteiger partial charge < -0.3 is 19.9 Å². The maximum Gasteiger partial charge on any atom is 0.410 e. The number of anilines is 1. The Morgan fingerprint density at radius 1 is 1.08 bits per heavy atom. The number of rotatable bonds is 7. The van der Waals surface area contributed by atoms with Gasteiger partial charge in [0.15, 0.2) is 0 Å². The molecule has 4 heterocycles.